The van der Waals surface area contributed by atoms with Crippen LogP contribution < -0.4 is 5.32 Å². The Morgan fingerprint density at radius 2 is 2.04 bits per heavy atom. The standard InChI is InChI=1S/C18H15ClN6O2/c1-2-14-21-18(27-24-14)13-4-3-9-25-15(22-23-16(13)25)10-20-17(26)11-5-7-12(19)8-6-11/h3-9H,2,10H2,1H3,(H,20,26). The van der Waals surface area contributed by atoms with E-state index in [0.717, 1.165) is 0 Å². The summed E-state index contributed by atoms with van der Waals surface area (Å²) in [5.74, 6) is 1.39. The van der Waals surface area contributed by atoms with Crippen molar-refractivity contribution >= 4 is 23.2 Å². The fourth-order valence-electron chi connectivity index (χ4n) is 2.62. The summed E-state index contributed by atoms with van der Waals surface area (Å²) in [6, 6.07) is 10.4. The van der Waals surface area contributed by atoms with Crippen LogP contribution in [-0.2, 0) is 13.0 Å². The molecule has 3 heterocycles. The second-order valence-electron chi connectivity index (χ2n) is 5.79. The van der Waals surface area contributed by atoms with Gasteiger partial charge in [-0.3, -0.25) is 9.20 Å². The highest BCUT2D eigenvalue weighted by Gasteiger charge is 2.16. The molecule has 0 spiro atoms. The summed E-state index contributed by atoms with van der Waals surface area (Å²) in [5, 5.41) is 15.7. The van der Waals surface area contributed by atoms with Crippen LogP contribution >= 0.6 is 11.6 Å². The van der Waals surface area contributed by atoms with Gasteiger partial charge in [0, 0.05) is 23.2 Å². The van der Waals surface area contributed by atoms with E-state index in [1.54, 1.807) is 28.7 Å². The molecule has 1 amide bonds. The quantitative estimate of drug-likeness (QED) is 0.569. The molecule has 0 unspecified atom stereocenters. The molecule has 8 nitrogen and oxygen atoms in total. The minimum Gasteiger partial charge on any atom is -0.345 e. The number of rotatable bonds is 5. The molecular weight excluding hydrogens is 368 g/mol. The summed E-state index contributed by atoms with van der Waals surface area (Å²) in [5.41, 5.74) is 1.79. The van der Waals surface area contributed by atoms with Crippen LogP contribution in [-0.4, -0.2) is 30.6 Å². The largest absolute Gasteiger partial charge is 0.345 e. The highest BCUT2D eigenvalue weighted by Crippen LogP contribution is 2.22. The van der Waals surface area contributed by atoms with Crippen molar-refractivity contribution in [1.82, 2.24) is 30.1 Å². The summed E-state index contributed by atoms with van der Waals surface area (Å²) >= 11 is 5.85. The number of carbonyl (C=O) groups is 1. The van der Waals surface area contributed by atoms with Crippen molar-refractivity contribution in [2.45, 2.75) is 19.9 Å². The number of benzene rings is 1. The van der Waals surface area contributed by atoms with Gasteiger partial charge in [0.1, 0.15) is 0 Å². The van der Waals surface area contributed by atoms with E-state index in [0.29, 0.717) is 45.8 Å². The van der Waals surface area contributed by atoms with Gasteiger partial charge in [-0.15, -0.1) is 10.2 Å². The molecule has 136 valence electrons. The van der Waals surface area contributed by atoms with E-state index in [4.69, 9.17) is 16.1 Å². The highest BCUT2D eigenvalue weighted by atomic mass is 35.5. The first-order chi connectivity index (χ1) is 13.2. The van der Waals surface area contributed by atoms with Gasteiger partial charge in [-0.05, 0) is 36.4 Å². The molecule has 0 aliphatic heterocycles. The van der Waals surface area contributed by atoms with Gasteiger partial charge >= 0.3 is 0 Å². The number of halogens is 1. The smallest absolute Gasteiger partial charge is 0.261 e. The lowest BCUT2D eigenvalue weighted by atomic mass is 10.2. The second-order valence-corrected chi connectivity index (χ2v) is 6.23. The maximum atomic E-state index is 12.3. The van der Waals surface area contributed by atoms with Crippen LogP contribution in [0.5, 0.6) is 0 Å². The second kappa shape index (κ2) is 7.16. The Kier molecular flexibility index (Phi) is 4.55. The Morgan fingerprint density at radius 1 is 1.22 bits per heavy atom. The minimum atomic E-state index is -0.218. The first kappa shape index (κ1) is 17.2. The number of nitrogens with one attached hydrogen (secondary N) is 1. The van der Waals surface area contributed by atoms with Gasteiger partial charge in [0.2, 0.25) is 0 Å². The Labute approximate surface area is 159 Å². The van der Waals surface area contributed by atoms with Crippen molar-refractivity contribution in [1.29, 1.82) is 0 Å². The lowest BCUT2D eigenvalue weighted by molar-refractivity contribution is 0.0950. The van der Waals surface area contributed by atoms with Crippen molar-refractivity contribution in [3.05, 3.63) is 64.8 Å². The number of amides is 1. The molecule has 4 rings (SSSR count). The SMILES string of the molecule is CCc1noc(-c2cccn3c(CNC(=O)c4ccc(Cl)cc4)nnc23)n1. The molecule has 0 aliphatic carbocycles. The van der Waals surface area contributed by atoms with Crippen molar-refractivity contribution in [2.24, 2.45) is 0 Å². The van der Waals surface area contributed by atoms with Crippen LogP contribution in [0.15, 0.2) is 47.1 Å². The molecule has 0 radical (unpaired) electrons. The van der Waals surface area contributed by atoms with E-state index in [1.165, 1.54) is 0 Å². The van der Waals surface area contributed by atoms with Crippen LogP contribution in [0.2, 0.25) is 5.02 Å². The molecule has 0 atom stereocenters. The molecule has 0 saturated carbocycles. The average molecular weight is 383 g/mol. The Bertz CT molecular complexity index is 1100. The molecule has 0 bridgehead atoms. The molecule has 1 N–H and O–H groups in total. The van der Waals surface area contributed by atoms with E-state index in [-0.39, 0.29) is 12.5 Å². The molecule has 0 aliphatic rings. The lowest BCUT2D eigenvalue weighted by Crippen LogP contribution is -2.23. The third-order valence-corrected chi connectivity index (χ3v) is 4.29. The summed E-state index contributed by atoms with van der Waals surface area (Å²) in [7, 11) is 0. The predicted octanol–water partition coefficient (Wildman–Crippen LogP) is 2.93. The Morgan fingerprint density at radius 3 is 2.78 bits per heavy atom. The number of fused-ring (bicyclic) bond motifs is 1. The molecular formula is C18H15ClN6O2. The summed E-state index contributed by atoms with van der Waals surface area (Å²) < 4.78 is 7.09. The highest BCUT2D eigenvalue weighted by molar-refractivity contribution is 6.30. The molecule has 4 aromatic rings. The van der Waals surface area contributed by atoms with Crippen LogP contribution in [0.1, 0.15) is 28.9 Å². The zero-order valence-corrected chi connectivity index (χ0v) is 15.1. The summed E-state index contributed by atoms with van der Waals surface area (Å²) in [6.45, 7) is 2.17. The van der Waals surface area contributed by atoms with Crippen LogP contribution in [0, 0.1) is 0 Å². The molecule has 27 heavy (non-hydrogen) atoms. The zero-order chi connectivity index (χ0) is 18.8. The van der Waals surface area contributed by atoms with E-state index in [1.807, 2.05) is 25.3 Å². The van der Waals surface area contributed by atoms with Gasteiger partial charge in [-0.1, -0.05) is 23.7 Å². The van der Waals surface area contributed by atoms with Crippen molar-refractivity contribution in [3.8, 4) is 11.5 Å². The van der Waals surface area contributed by atoms with Gasteiger partial charge in [-0.2, -0.15) is 4.98 Å². The predicted molar refractivity (Wildman–Crippen MR) is 98.3 cm³/mol. The lowest BCUT2D eigenvalue weighted by Gasteiger charge is -2.05. The monoisotopic (exact) mass is 382 g/mol. The fraction of sp³-hybridized carbons (Fsp3) is 0.167. The number of aryl methyl sites for hydroxylation is 1. The van der Waals surface area contributed by atoms with Gasteiger partial charge in [-0.25, -0.2) is 0 Å². The third-order valence-electron chi connectivity index (χ3n) is 4.03. The first-order valence-corrected chi connectivity index (χ1v) is 8.73. The van der Waals surface area contributed by atoms with Crippen LogP contribution in [0.4, 0.5) is 0 Å². The maximum absolute atomic E-state index is 12.3. The fourth-order valence-corrected chi connectivity index (χ4v) is 2.75. The van der Waals surface area contributed by atoms with E-state index in [2.05, 4.69) is 25.7 Å². The number of hydrogen-bond acceptors (Lipinski definition) is 6. The number of aromatic nitrogens is 5. The Hall–Kier alpha value is -3.26. The molecule has 3 aromatic heterocycles. The number of carbonyl (C=O) groups excluding carboxylic acids is 1. The number of hydrogen-bond donors (Lipinski definition) is 1. The molecule has 1 aromatic carbocycles. The first-order valence-electron chi connectivity index (χ1n) is 8.35. The molecule has 0 saturated heterocycles. The van der Waals surface area contributed by atoms with Gasteiger partial charge < -0.3 is 9.84 Å². The van der Waals surface area contributed by atoms with Crippen molar-refractivity contribution < 1.29 is 9.32 Å². The third kappa shape index (κ3) is 3.39. The molecule has 0 fully saturated rings. The average Bonchev–Trinajstić information content (AvgIpc) is 3.33. The summed E-state index contributed by atoms with van der Waals surface area (Å²) in [4.78, 5) is 16.6. The van der Waals surface area contributed by atoms with Crippen molar-refractivity contribution in [2.75, 3.05) is 0 Å². The van der Waals surface area contributed by atoms with E-state index in [9.17, 15) is 4.79 Å². The van der Waals surface area contributed by atoms with Gasteiger partial charge in [0.05, 0.1) is 12.1 Å². The van der Waals surface area contributed by atoms with E-state index < -0.39 is 0 Å². The number of pyridine rings is 1. The zero-order valence-electron chi connectivity index (χ0n) is 14.4. The van der Waals surface area contributed by atoms with E-state index >= 15 is 0 Å². The van der Waals surface area contributed by atoms with Crippen LogP contribution in [0.3, 0.4) is 0 Å². The molecule has 9 heteroatoms. The normalized spacial score (nSPS) is 11.0. The number of nitrogens with zero attached hydrogens (tertiary/aromatic N) is 5. The maximum Gasteiger partial charge on any atom is 0.261 e. The summed E-state index contributed by atoms with van der Waals surface area (Å²) in [6.07, 6.45) is 2.50. The van der Waals surface area contributed by atoms with Gasteiger partial charge in [0.25, 0.3) is 11.8 Å². The van der Waals surface area contributed by atoms with Gasteiger partial charge in [0.15, 0.2) is 17.3 Å². The van der Waals surface area contributed by atoms with Crippen LogP contribution in [0.25, 0.3) is 17.1 Å². The van der Waals surface area contributed by atoms with Crippen molar-refractivity contribution in [3.63, 3.8) is 0 Å². The Balaban J connectivity index is 1.57. The topological polar surface area (TPSA) is 98.2 Å². The minimum absolute atomic E-state index is 0.218.